The Hall–Kier alpha value is -0.850. The molecule has 1 aromatic heterocycles. The van der Waals surface area contributed by atoms with Gasteiger partial charge in [0.05, 0.1) is 12.2 Å². The Balaban J connectivity index is 0.00000220. The van der Waals surface area contributed by atoms with Gasteiger partial charge >= 0.3 is 0 Å². The molecule has 0 saturated carbocycles. The molecule has 2 rings (SSSR count). The first kappa shape index (κ1) is 18.2. The highest BCUT2D eigenvalue weighted by molar-refractivity contribution is 14.0. The van der Waals surface area contributed by atoms with E-state index in [0.29, 0.717) is 6.54 Å². The molecule has 0 aliphatic carbocycles. The lowest BCUT2D eigenvalue weighted by molar-refractivity contribution is 0.273. The van der Waals surface area contributed by atoms with Crippen LogP contribution >= 0.6 is 24.0 Å². The number of rotatable bonds is 3. The summed E-state index contributed by atoms with van der Waals surface area (Å²) in [7, 11) is 0. The lowest BCUT2D eigenvalue weighted by atomic mass is 10.00. The molecular formula is C16H27IN4. The SMILES string of the molecule is CCNC(=NCc1ncccc1C)N1CCC(C)CC1.I. The zero-order valence-corrected chi connectivity index (χ0v) is 15.6. The number of guanidine groups is 1. The summed E-state index contributed by atoms with van der Waals surface area (Å²) in [6.45, 7) is 10.3. The molecule has 4 nitrogen and oxygen atoms in total. The summed E-state index contributed by atoms with van der Waals surface area (Å²) in [5.74, 6) is 1.87. The van der Waals surface area contributed by atoms with Gasteiger partial charge in [0.25, 0.3) is 0 Å². The molecule has 2 heterocycles. The molecule has 1 saturated heterocycles. The van der Waals surface area contributed by atoms with E-state index in [1.165, 1.54) is 18.4 Å². The molecular weight excluding hydrogens is 375 g/mol. The van der Waals surface area contributed by atoms with Crippen LogP contribution in [0.4, 0.5) is 0 Å². The average molecular weight is 402 g/mol. The van der Waals surface area contributed by atoms with Gasteiger partial charge in [-0.05, 0) is 44.2 Å². The second kappa shape index (κ2) is 9.23. The highest BCUT2D eigenvalue weighted by atomic mass is 127. The molecule has 0 spiro atoms. The van der Waals surface area contributed by atoms with Gasteiger partial charge in [0.2, 0.25) is 0 Å². The summed E-state index contributed by atoms with van der Waals surface area (Å²) in [5.41, 5.74) is 2.27. The van der Waals surface area contributed by atoms with Gasteiger partial charge in [0.15, 0.2) is 5.96 Å². The smallest absolute Gasteiger partial charge is 0.194 e. The lowest BCUT2D eigenvalue weighted by Gasteiger charge is -2.33. The van der Waals surface area contributed by atoms with Crippen LogP contribution in [-0.2, 0) is 6.54 Å². The van der Waals surface area contributed by atoms with Crippen molar-refractivity contribution in [1.29, 1.82) is 0 Å². The summed E-state index contributed by atoms with van der Waals surface area (Å²) in [5, 5.41) is 3.41. The highest BCUT2D eigenvalue weighted by Crippen LogP contribution is 2.16. The number of halogens is 1. The van der Waals surface area contributed by atoms with Crippen LogP contribution in [-0.4, -0.2) is 35.5 Å². The predicted molar refractivity (Wildman–Crippen MR) is 99.2 cm³/mol. The number of aromatic nitrogens is 1. The van der Waals surface area contributed by atoms with Gasteiger partial charge in [-0.3, -0.25) is 4.98 Å². The Kier molecular flexibility index (Phi) is 8.00. The minimum atomic E-state index is 0. The highest BCUT2D eigenvalue weighted by Gasteiger charge is 2.18. The van der Waals surface area contributed by atoms with Crippen molar-refractivity contribution in [3.8, 4) is 0 Å². The maximum absolute atomic E-state index is 4.76. The molecule has 1 aliphatic rings. The van der Waals surface area contributed by atoms with Gasteiger partial charge in [-0.25, -0.2) is 4.99 Å². The summed E-state index contributed by atoms with van der Waals surface area (Å²) >= 11 is 0. The molecule has 1 aromatic rings. The van der Waals surface area contributed by atoms with E-state index < -0.39 is 0 Å². The summed E-state index contributed by atoms with van der Waals surface area (Å²) < 4.78 is 0. The van der Waals surface area contributed by atoms with E-state index >= 15 is 0 Å². The van der Waals surface area contributed by atoms with Crippen molar-refractivity contribution in [3.63, 3.8) is 0 Å². The van der Waals surface area contributed by atoms with Gasteiger partial charge in [-0.2, -0.15) is 0 Å². The van der Waals surface area contributed by atoms with Crippen LogP contribution in [0.15, 0.2) is 23.3 Å². The maximum atomic E-state index is 4.76. The third kappa shape index (κ3) is 5.45. The van der Waals surface area contributed by atoms with Crippen LogP contribution in [0.5, 0.6) is 0 Å². The van der Waals surface area contributed by atoms with Crippen molar-refractivity contribution in [2.24, 2.45) is 10.9 Å². The summed E-state index contributed by atoms with van der Waals surface area (Å²) in [6.07, 6.45) is 4.35. The second-order valence-corrected chi connectivity index (χ2v) is 5.61. The van der Waals surface area contributed by atoms with E-state index in [1.807, 2.05) is 12.3 Å². The van der Waals surface area contributed by atoms with Crippen LogP contribution in [0.1, 0.15) is 37.9 Å². The molecule has 1 aliphatic heterocycles. The molecule has 0 atom stereocenters. The Labute approximate surface area is 145 Å². The van der Waals surface area contributed by atoms with Gasteiger partial charge in [-0.1, -0.05) is 13.0 Å². The number of aryl methyl sites for hydroxylation is 1. The lowest BCUT2D eigenvalue weighted by Crippen LogP contribution is -2.45. The van der Waals surface area contributed by atoms with Gasteiger partial charge in [-0.15, -0.1) is 24.0 Å². The Morgan fingerprint density at radius 3 is 2.76 bits per heavy atom. The molecule has 0 bridgehead atoms. The number of pyridine rings is 1. The van der Waals surface area contributed by atoms with Crippen molar-refractivity contribution >= 4 is 29.9 Å². The largest absolute Gasteiger partial charge is 0.357 e. The first-order valence-corrected chi connectivity index (χ1v) is 7.64. The predicted octanol–water partition coefficient (Wildman–Crippen LogP) is 3.21. The molecule has 0 radical (unpaired) electrons. The minimum absolute atomic E-state index is 0. The van der Waals surface area contributed by atoms with Crippen LogP contribution in [0.25, 0.3) is 0 Å². The van der Waals surface area contributed by atoms with Crippen LogP contribution in [0.2, 0.25) is 0 Å². The average Bonchev–Trinajstić information content (AvgIpc) is 2.46. The van der Waals surface area contributed by atoms with Crippen molar-refractivity contribution in [1.82, 2.24) is 15.2 Å². The fraction of sp³-hybridized carbons (Fsp3) is 0.625. The molecule has 118 valence electrons. The third-order valence-electron chi connectivity index (χ3n) is 3.91. The second-order valence-electron chi connectivity index (χ2n) is 5.61. The summed E-state index contributed by atoms with van der Waals surface area (Å²) in [6, 6.07) is 4.06. The zero-order chi connectivity index (χ0) is 14.4. The normalized spacial score (nSPS) is 16.5. The van der Waals surface area contributed by atoms with E-state index in [0.717, 1.165) is 37.2 Å². The minimum Gasteiger partial charge on any atom is -0.357 e. The number of nitrogens with one attached hydrogen (secondary N) is 1. The fourth-order valence-corrected chi connectivity index (χ4v) is 2.48. The first-order valence-electron chi connectivity index (χ1n) is 7.64. The topological polar surface area (TPSA) is 40.5 Å². The van der Waals surface area contributed by atoms with Crippen molar-refractivity contribution < 1.29 is 0 Å². The van der Waals surface area contributed by atoms with E-state index in [9.17, 15) is 0 Å². The zero-order valence-electron chi connectivity index (χ0n) is 13.3. The summed E-state index contributed by atoms with van der Waals surface area (Å²) in [4.78, 5) is 11.6. The van der Waals surface area contributed by atoms with Crippen LogP contribution in [0.3, 0.4) is 0 Å². The van der Waals surface area contributed by atoms with E-state index in [-0.39, 0.29) is 24.0 Å². The van der Waals surface area contributed by atoms with Crippen molar-refractivity contribution in [2.45, 2.75) is 40.2 Å². The number of piperidine rings is 1. The van der Waals surface area contributed by atoms with Gasteiger partial charge in [0.1, 0.15) is 0 Å². The molecule has 1 N–H and O–H groups in total. The van der Waals surface area contributed by atoms with Crippen LogP contribution < -0.4 is 5.32 Å². The first-order chi connectivity index (χ1) is 9.70. The standard InChI is InChI=1S/C16H26N4.HI/c1-4-17-16(20-10-7-13(2)8-11-20)19-12-15-14(3)6-5-9-18-15;/h5-6,9,13H,4,7-8,10-12H2,1-3H3,(H,17,19);1H. The van der Waals surface area contributed by atoms with E-state index in [1.54, 1.807) is 0 Å². The molecule has 21 heavy (non-hydrogen) atoms. The monoisotopic (exact) mass is 402 g/mol. The fourth-order valence-electron chi connectivity index (χ4n) is 2.48. The number of nitrogens with zero attached hydrogens (tertiary/aromatic N) is 3. The molecule has 0 aromatic carbocycles. The van der Waals surface area contributed by atoms with Gasteiger partial charge in [0, 0.05) is 25.8 Å². The molecule has 0 unspecified atom stereocenters. The number of aliphatic imine (C=N–C) groups is 1. The Bertz CT molecular complexity index is 453. The van der Waals surface area contributed by atoms with Crippen molar-refractivity contribution in [2.75, 3.05) is 19.6 Å². The van der Waals surface area contributed by atoms with E-state index in [4.69, 9.17) is 4.99 Å². The van der Waals surface area contributed by atoms with E-state index in [2.05, 4.69) is 42.0 Å². The van der Waals surface area contributed by atoms with Crippen molar-refractivity contribution in [3.05, 3.63) is 29.6 Å². The molecule has 5 heteroatoms. The quantitative estimate of drug-likeness (QED) is 0.480. The number of likely N-dealkylation sites (tertiary alicyclic amines) is 1. The molecule has 1 fully saturated rings. The Morgan fingerprint density at radius 1 is 1.43 bits per heavy atom. The number of hydrogen-bond donors (Lipinski definition) is 1. The van der Waals surface area contributed by atoms with Gasteiger partial charge < -0.3 is 10.2 Å². The number of hydrogen-bond acceptors (Lipinski definition) is 2. The molecule has 0 amide bonds. The third-order valence-corrected chi connectivity index (χ3v) is 3.91. The Morgan fingerprint density at radius 2 is 2.14 bits per heavy atom. The maximum Gasteiger partial charge on any atom is 0.194 e. The van der Waals surface area contributed by atoms with Crippen LogP contribution in [0, 0.1) is 12.8 Å².